The van der Waals surface area contributed by atoms with E-state index >= 15 is 0 Å². The lowest BCUT2D eigenvalue weighted by atomic mass is 10.1. The number of hydrogen-bond donors (Lipinski definition) is 0. The normalized spacial score (nSPS) is 10.6. The maximum Gasteiger partial charge on any atom is 0.434 e. The molecule has 3 rings (SSSR count). The minimum atomic E-state index is -0.551. The monoisotopic (exact) mass is 330 g/mol. The van der Waals surface area contributed by atoms with Crippen LogP contribution in [0.4, 0.5) is 5.95 Å². The molecule has 2 heterocycles. The van der Waals surface area contributed by atoms with Gasteiger partial charge in [0.25, 0.3) is 0 Å². The van der Waals surface area contributed by atoms with Gasteiger partial charge < -0.3 is 24.1 Å². The number of methoxy groups -OCH3 is 2. The lowest BCUT2D eigenvalue weighted by molar-refractivity contribution is -0.396. The number of aromatic nitrogens is 3. The number of imidazole rings is 1. The molecule has 0 unspecified atom stereocenters. The van der Waals surface area contributed by atoms with E-state index in [1.807, 2.05) is 0 Å². The standard InChI is InChI=1S/C15H14N4O5/c1-22-11-5-10(6-12(7-11)23-2)14-8-13(24-17-14)9-18-4-3-16-15(18)19(20)21/h3-8H,9H2,1-2H3. The predicted octanol–water partition coefficient (Wildman–Crippen LogP) is 2.51. The van der Waals surface area contributed by atoms with Crippen molar-refractivity contribution in [2.24, 2.45) is 0 Å². The van der Waals surface area contributed by atoms with E-state index in [0.717, 1.165) is 5.56 Å². The third-order valence-electron chi connectivity index (χ3n) is 3.39. The second-order valence-electron chi connectivity index (χ2n) is 4.89. The molecule has 0 amide bonds. The zero-order chi connectivity index (χ0) is 17.1. The zero-order valence-electron chi connectivity index (χ0n) is 13.0. The molecule has 3 aromatic rings. The molecular weight excluding hydrogens is 316 g/mol. The Labute approximate surface area is 136 Å². The van der Waals surface area contributed by atoms with Crippen molar-refractivity contribution in [3.63, 3.8) is 0 Å². The van der Waals surface area contributed by atoms with E-state index in [-0.39, 0.29) is 12.5 Å². The van der Waals surface area contributed by atoms with Crippen LogP contribution in [0.1, 0.15) is 5.76 Å². The van der Waals surface area contributed by atoms with E-state index in [2.05, 4.69) is 10.1 Å². The predicted molar refractivity (Wildman–Crippen MR) is 83.0 cm³/mol. The maximum atomic E-state index is 10.9. The number of ether oxygens (including phenoxy) is 2. The van der Waals surface area contributed by atoms with Crippen LogP contribution in [0.15, 0.2) is 41.2 Å². The summed E-state index contributed by atoms with van der Waals surface area (Å²) in [7, 11) is 3.12. The molecule has 124 valence electrons. The molecule has 1 aromatic carbocycles. The first-order valence-corrected chi connectivity index (χ1v) is 6.95. The first kappa shape index (κ1) is 15.5. The van der Waals surface area contributed by atoms with E-state index in [0.29, 0.717) is 23.0 Å². The van der Waals surface area contributed by atoms with E-state index < -0.39 is 4.92 Å². The summed E-state index contributed by atoms with van der Waals surface area (Å²) in [5, 5.41) is 14.9. The van der Waals surface area contributed by atoms with Gasteiger partial charge in [-0.3, -0.25) is 0 Å². The van der Waals surface area contributed by atoms with Crippen molar-refractivity contribution < 1.29 is 18.9 Å². The van der Waals surface area contributed by atoms with Crippen molar-refractivity contribution >= 4 is 5.95 Å². The molecule has 0 aliphatic carbocycles. The molecule has 2 aromatic heterocycles. The van der Waals surface area contributed by atoms with Gasteiger partial charge in [0.15, 0.2) is 5.76 Å². The van der Waals surface area contributed by atoms with Gasteiger partial charge in [0.1, 0.15) is 36.1 Å². The third kappa shape index (κ3) is 3.05. The molecule has 0 aliphatic rings. The van der Waals surface area contributed by atoms with E-state index in [1.54, 1.807) is 38.5 Å². The summed E-state index contributed by atoms with van der Waals surface area (Å²) in [6, 6.07) is 7.05. The lowest BCUT2D eigenvalue weighted by Crippen LogP contribution is -2.03. The van der Waals surface area contributed by atoms with Crippen molar-refractivity contribution in [2.45, 2.75) is 6.54 Å². The summed E-state index contributed by atoms with van der Waals surface area (Å²) >= 11 is 0. The summed E-state index contributed by atoms with van der Waals surface area (Å²) in [6.07, 6.45) is 2.87. The molecular formula is C15H14N4O5. The number of rotatable bonds is 6. The van der Waals surface area contributed by atoms with Crippen LogP contribution in [-0.4, -0.2) is 33.9 Å². The summed E-state index contributed by atoms with van der Waals surface area (Å²) in [6.45, 7) is 0.157. The second-order valence-corrected chi connectivity index (χ2v) is 4.89. The Kier molecular flexibility index (Phi) is 4.15. The van der Waals surface area contributed by atoms with Gasteiger partial charge in [-0.2, -0.15) is 0 Å². The Balaban J connectivity index is 1.88. The van der Waals surface area contributed by atoms with Crippen molar-refractivity contribution in [3.8, 4) is 22.8 Å². The topological polar surface area (TPSA) is 105 Å². The Morgan fingerprint density at radius 3 is 2.54 bits per heavy atom. The SMILES string of the molecule is COc1cc(OC)cc(-c2cc(Cn3ccnc3[N+](=O)[O-])on2)c1. The van der Waals surface area contributed by atoms with Crippen LogP contribution in [-0.2, 0) is 6.54 Å². The van der Waals surface area contributed by atoms with Crippen LogP contribution >= 0.6 is 0 Å². The van der Waals surface area contributed by atoms with Gasteiger partial charge in [0.05, 0.1) is 14.2 Å². The Morgan fingerprint density at radius 2 is 1.92 bits per heavy atom. The van der Waals surface area contributed by atoms with E-state index in [4.69, 9.17) is 14.0 Å². The molecule has 9 heteroatoms. The third-order valence-corrected chi connectivity index (χ3v) is 3.39. The number of benzene rings is 1. The van der Waals surface area contributed by atoms with E-state index in [1.165, 1.54) is 17.0 Å². The highest BCUT2D eigenvalue weighted by atomic mass is 16.6. The second kappa shape index (κ2) is 6.41. The minimum absolute atomic E-state index is 0.157. The molecule has 0 saturated carbocycles. The van der Waals surface area contributed by atoms with Gasteiger partial charge in [-0.05, 0) is 17.1 Å². The summed E-state index contributed by atoms with van der Waals surface area (Å²) < 4.78 is 17.1. The fourth-order valence-corrected chi connectivity index (χ4v) is 2.24. The molecule has 0 saturated heterocycles. The van der Waals surface area contributed by atoms with Gasteiger partial charge in [-0.15, -0.1) is 0 Å². The highest BCUT2D eigenvalue weighted by Gasteiger charge is 2.17. The van der Waals surface area contributed by atoms with Crippen LogP contribution in [0.3, 0.4) is 0 Å². The summed E-state index contributed by atoms with van der Waals surface area (Å²) in [5.41, 5.74) is 1.33. The Morgan fingerprint density at radius 1 is 1.21 bits per heavy atom. The molecule has 0 radical (unpaired) electrons. The molecule has 0 atom stereocenters. The molecule has 0 fully saturated rings. The molecule has 0 bridgehead atoms. The van der Waals surface area contributed by atoms with Gasteiger partial charge in [-0.1, -0.05) is 10.1 Å². The van der Waals surface area contributed by atoms with Gasteiger partial charge in [-0.25, -0.2) is 4.57 Å². The quantitative estimate of drug-likeness (QED) is 0.505. The van der Waals surface area contributed by atoms with Crippen molar-refractivity contribution in [3.05, 3.63) is 52.5 Å². The highest BCUT2D eigenvalue weighted by Crippen LogP contribution is 2.29. The maximum absolute atomic E-state index is 10.9. The number of nitro groups is 1. The largest absolute Gasteiger partial charge is 0.497 e. The van der Waals surface area contributed by atoms with Crippen LogP contribution in [0.2, 0.25) is 0 Å². The molecule has 0 N–H and O–H groups in total. The van der Waals surface area contributed by atoms with E-state index in [9.17, 15) is 10.1 Å². The van der Waals surface area contributed by atoms with Crippen LogP contribution in [0.25, 0.3) is 11.3 Å². The lowest BCUT2D eigenvalue weighted by Gasteiger charge is -2.06. The Hall–Kier alpha value is -3.36. The fourth-order valence-electron chi connectivity index (χ4n) is 2.24. The highest BCUT2D eigenvalue weighted by molar-refractivity contribution is 5.63. The Bertz CT molecular complexity index is 848. The van der Waals surface area contributed by atoms with Crippen LogP contribution < -0.4 is 9.47 Å². The fraction of sp³-hybridized carbons (Fsp3) is 0.200. The first-order valence-electron chi connectivity index (χ1n) is 6.95. The van der Waals surface area contributed by atoms with Crippen molar-refractivity contribution in [2.75, 3.05) is 14.2 Å². The zero-order valence-corrected chi connectivity index (χ0v) is 13.0. The van der Waals surface area contributed by atoms with Gasteiger partial charge >= 0.3 is 5.95 Å². The molecule has 9 nitrogen and oxygen atoms in total. The molecule has 0 aliphatic heterocycles. The molecule has 0 spiro atoms. The minimum Gasteiger partial charge on any atom is -0.497 e. The van der Waals surface area contributed by atoms with Crippen LogP contribution in [0, 0.1) is 10.1 Å². The average Bonchev–Trinajstić information content (AvgIpc) is 3.24. The number of nitrogens with zero attached hydrogens (tertiary/aromatic N) is 4. The van der Waals surface area contributed by atoms with Gasteiger partial charge in [0, 0.05) is 17.7 Å². The smallest absolute Gasteiger partial charge is 0.434 e. The average molecular weight is 330 g/mol. The summed E-state index contributed by atoms with van der Waals surface area (Å²) in [5.74, 6) is 1.46. The number of hydrogen-bond acceptors (Lipinski definition) is 7. The molecule has 24 heavy (non-hydrogen) atoms. The van der Waals surface area contributed by atoms with Gasteiger partial charge in [0.2, 0.25) is 0 Å². The van der Waals surface area contributed by atoms with Crippen molar-refractivity contribution in [1.29, 1.82) is 0 Å². The first-order chi connectivity index (χ1) is 11.6. The van der Waals surface area contributed by atoms with Crippen LogP contribution in [0.5, 0.6) is 11.5 Å². The van der Waals surface area contributed by atoms with Crippen molar-refractivity contribution in [1.82, 2.24) is 14.7 Å². The summed E-state index contributed by atoms with van der Waals surface area (Å²) in [4.78, 5) is 14.0.